The minimum Gasteiger partial charge on any atom is -0.381 e. The summed E-state index contributed by atoms with van der Waals surface area (Å²) in [7, 11) is 0. The zero-order valence-electron chi connectivity index (χ0n) is 7.01. The Bertz CT molecular complexity index is 122. The number of ether oxygens (including phenoxy) is 1. The van der Waals surface area contributed by atoms with Crippen LogP contribution in [-0.2, 0) is 4.74 Å². The summed E-state index contributed by atoms with van der Waals surface area (Å²) in [5, 5.41) is 0. The molecule has 2 nitrogen and oxygen atoms in total. The first-order valence-corrected chi connectivity index (χ1v) is 4.39. The van der Waals surface area contributed by atoms with Crippen molar-refractivity contribution < 1.29 is 4.74 Å². The Morgan fingerprint density at radius 1 is 1.36 bits per heavy atom. The molecule has 11 heavy (non-hydrogen) atoms. The van der Waals surface area contributed by atoms with E-state index in [1.165, 1.54) is 18.4 Å². The van der Waals surface area contributed by atoms with E-state index in [0.29, 0.717) is 0 Å². The van der Waals surface area contributed by atoms with Gasteiger partial charge in [0.15, 0.2) is 0 Å². The van der Waals surface area contributed by atoms with Crippen molar-refractivity contribution in [2.24, 2.45) is 5.73 Å². The van der Waals surface area contributed by atoms with Crippen LogP contribution in [0.5, 0.6) is 0 Å². The topological polar surface area (TPSA) is 35.2 Å². The number of rotatable bonds is 2. The first-order valence-electron chi connectivity index (χ1n) is 4.39. The van der Waals surface area contributed by atoms with Crippen molar-refractivity contribution in [1.82, 2.24) is 0 Å². The second kappa shape index (κ2) is 5.33. The van der Waals surface area contributed by atoms with Crippen molar-refractivity contribution in [2.75, 3.05) is 19.8 Å². The van der Waals surface area contributed by atoms with E-state index in [1.807, 2.05) is 0 Å². The Morgan fingerprint density at radius 2 is 2.27 bits per heavy atom. The van der Waals surface area contributed by atoms with Gasteiger partial charge in [-0.25, -0.2) is 0 Å². The molecule has 0 aromatic carbocycles. The third-order valence-corrected chi connectivity index (χ3v) is 1.95. The minimum atomic E-state index is 0.768. The highest BCUT2D eigenvalue weighted by molar-refractivity contribution is 5.02. The van der Waals surface area contributed by atoms with E-state index < -0.39 is 0 Å². The van der Waals surface area contributed by atoms with Crippen LogP contribution in [0.15, 0.2) is 11.6 Å². The monoisotopic (exact) mass is 155 g/mol. The highest BCUT2D eigenvalue weighted by atomic mass is 16.5. The van der Waals surface area contributed by atoms with Crippen LogP contribution in [0.1, 0.15) is 25.7 Å². The number of hydrogen-bond acceptors (Lipinski definition) is 2. The summed E-state index contributed by atoms with van der Waals surface area (Å²) in [5.41, 5.74) is 6.94. The van der Waals surface area contributed by atoms with Crippen molar-refractivity contribution in [3.8, 4) is 0 Å². The zero-order chi connectivity index (χ0) is 7.94. The van der Waals surface area contributed by atoms with E-state index in [9.17, 15) is 0 Å². The van der Waals surface area contributed by atoms with Crippen LogP contribution in [-0.4, -0.2) is 19.8 Å². The standard InChI is InChI=1S/C9H17NO/c10-6-1-3-9-4-2-7-11-8-5-9/h3H,1-2,4-8,10H2. The molecule has 1 heterocycles. The molecular weight excluding hydrogens is 138 g/mol. The van der Waals surface area contributed by atoms with Crippen molar-refractivity contribution in [3.63, 3.8) is 0 Å². The van der Waals surface area contributed by atoms with Gasteiger partial charge < -0.3 is 10.5 Å². The molecule has 0 amide bonds. The fraction of sp³-hybridized carbons (Fsp3) is 0.778. The van der Waals surface area contributed by atoms with Crippen LogP contribution in [0.25, 0.3) is 0 Å². The Morgan fingerprint density at radius 3 is 3.09 bits per heavy atom. The molecule has 0 atom stereocenters. The molecule has 1 aliphatic heterocycles. The molecule has 0 aromatic heterocycles. The Balaban J connectivity index is 2.29. The molecule has 0 bridgehead atoms. The Hall–Kier alpha value is -0.340. The van der Waals surface area contributed by atoms with Gasteiger partial charge in [-0.15, -0.1) is 0 Å². The third-order valence-electron chi connectivity index (χ3n) is 1.95. The van der Waals surface area contributed by atoms with Crippen molar-refractivity contribution in [2.45, 2.75) is 25.7 Å². The maximum absolute atomic E-state index is 5.41. The molecule has 0 aromatic rings. The van der Waals surface area contributed by atoms with Gasteiger partial charge in [-0.05, 0) is 32.2 Å². The highest BCUT2D eigenvalue weighted by Gasteiger charge is 2.02. The fourth-order valence-corrected chi connectivity index (χ4v) is 1.32. The van der Waals surface area contributed by atoms with Gasteiger partial charge >= 0.3 is 0 Å². The van der Waals surface area contributed by atoms with E-state index in [-0.39, 0.29) is 0 Å². The predicted molar refractivity (Wildman–Crippen MR) is 46.4 cm³/mol. The second-order valence-corrected chi connectivity index (χ2v) is 2.91. The molecule has 1 fully saturated rings. The average molecular weight is 155 g/mol. The van der Waals surface area contributed by atoms with E-state index in [2.05, 4.69) is 6.08 Å². The minimum absolute atomic E-state index is 0.768. The molecule has 64 valence electrons. The maximum Gasteiger partial charge on any atom is 0.0503 e. The van der Waals surface area contributed by atoms with Gasteiger partial charge in [-0.1, -0.05) is 11.6 Å². The molecular formula is C9H17NO. The van der Waals surface area contributed by atoms with E-state index in [4.69, 9.17) is 10.5 Å². The van der Waals surface area contributed by atoms with E-state index >= 15 is 0 Å². The molecule has 0 radical (unpaired) electrons. The van der Waals surface area contributed by atoms with Crippen LogP contribution < -0.4 is 5.73 Å². The lowest BCUT2D eigenvalue weighted by Crippen LogP contribution is -1.97. The van der Waals surface area contributed by atoms with Crippen LogP contribution in [0.2, 0.25) is 0 Å². The van der Waals surface area contributed by atoms with Gasteiger partial charge in [0.05, 0.1) is 6.61 Å². The highest BCUT2D eigenvalue weighted by Crippen LogP contribution is 2.14. The summed E-state index contributed by atoms with van der Waals surface area (Å²) in [6.45, 7) is 2.60. The summed E-state index contributed by atoms with van der Waals surface area (Å²) in [6, 6.07) is 0. The SMILES string of the molecule is NCCC=C1CCCOCC1. The van der Waals surface area contributed by atoms with Gasteiger partial charge in [0.2, 0.25) is 0 Å². The van der Waals surface area contributed by atoms with Crippen molar-refractivity contribution in [1.29, 1.82) is 0 Å². The molecule has 1 rings (SSSR count). The van der Waals surface area contributed by atoms with E-state index in [1.54, 1.807) is 0 Å². The summed E-state index contributed by atoms with van der Waals surface area (Å²) in [5.74, 6) is 0. The molecule has 0 saturated carbocycles. The normalized spacial score (nSPS) is 23.5. The molecule has 2 heteroatoms. The number of nitrogens with two attached hydrogens (primary N) is 1. The van der Waals surface area contributed by atoms with Gasteiger partial charge in [0, 0.05) is 6.61 Å². The summed E-state index contributed by atoms with van der Waals surface area (Å²) >= 11 is 0. The van der Waals surface area contributed by atoms with E-state index in [0.717, 1.165) is 32.6 Å². The van der Waals surface area contributed by atoms with Gasteiger partial charge in [0.25, 0.3) is 0 Å². The molecule has 0 spiro atoms. The zero-order valence-corrected chi connectivity index (χ0v) is 7.01. The molecule has 1 saturated heterocycles. The maximum atomic E-state index is 5.41. The third kappa shape index (κ3) is 3.54. The second-order valence-electron chi connectivity index (χ2n) is 2.91. The van der Waals surface area contributed by atoms with Gasteiger partial charge in [0.1, 0.15) is 0 Å². The Kier molecular flexibility index (Phi) is 4.24. The quantitative estimate of drug-likeness (QED) is 0.613. The lowest BCUT2D eigenvalue weighted by molar-refractivity contribution is 0.146. The first-order chi connectivity index (χ1) is 5.43. The van der Waals surface area contributed by atoms with Crippen molar-refractivity contribution in [3.05, 3.63) is 11.6 Å². The number of hydrogen-bond donors (Lipinski definition) is 1. The molecule has 1 aliphatic rings. The van der Waals surface area contributed by atoms with Crippen LogP contribution in [0.4, 0.5) is 0 Å². The molecule has 2 N–H and O–H groups in total. The van der Waals surface area contributed by atoms with Crippen LogP contribution in [0, 0.1) is 0 Å². The summed E-state index contributed by atoms with van der Waals surface area (Å²) in [6.07, 6.45) is 6.79. The summed E-state index contributed by atoms with van der Waals surface area (Å²) in [4.78, 5) is 0. The predicted octanol–water partition coefficient (Wildman–Crippen LogP) is 1.46. The first kappa shape index (κ1) is 8.75. The molecule has 0 unspecified atom stereocenters. The summed E-state index contributed by atoms with van der Waals surface area (Å²) < 4.78 is 5.33. The van der Waals surface area contributed by atoms with Gasteiger partial charge in [-0.3, -0.25) is 0 Å². The van der Waals surface area contributed by atoms with Gasteiger partial charge in [-0.2, -0.15) is 0 Å². The largest absolute Gasteiger partial charge is 0.381 e. The average Bonchev–Trinajstić information content (AvgIpc) is 2.28. The Labute approximate surface area is 68.4 Å². The lowest BCUT2D eigenvalue weighted by Gasteiger charge is -1.99. The molecule has 0 aliphatic carbocycles. The smallest absolute Gasteiger partial charge is 0.0503 e. The fourth-order valence-electron chi connectivity index (χ4n) is 1.32. The van der Waals surface area contributed by atoms with Crippen molar-refractivity contribution >= 4 is 0 Å². The lowest BCUT2D eigenvalue weighted by atomic mass is 10.1. The van der Waals surface area contributed by atoms with Crippen LogP contribution in [0.3, 0.4) is 0 Å². The van der Waals surface area contributed by atoms with Crippen LogP contribution >= 0.6 is 0 Å².